The van der Waals surface area contributed by atoms with Crippen molar-refractivity contribution in [3.63, 3.8) is 0 Å². The first-order valence-electron chi connectivity index (χ1n) is 7.02. The van der Waals surface area contributed by atoms with Crippen LogP contribution in [0, 0.1) is 5.92 Å². The number of rotatable bonds is 3. The maximum atomic E-state index is 12.3. The zero-order chi connectivity index (χ0) is 14.1. The summed E-state index contributed by atoms with van der Waals surface area (Å²) in [6.45, 7) is 3.19. The second kappa shape index (κ2) is 5.25. The Bertz CT molecular complexity index is 587. The van der Waals surface area contributed by atoms with E-state index < -0.39 is 0 Å². The van der Waals surface area contributed by atoms with Gasteiger partial charge in [0.05, 0.1) is 18.2 Å². The Labute approximate surface area is 117 Å². The van der Waals surface area contributed by atoms with Crippen molar-refractivity contribution in [2.24, 2.45) is 5.92 Å². The minimum absolute atomic E-state index is 0.0940. The van der Waals surface area contributed by atoms with Crippen molar-refractivity contribution in [1.82, 2.24) is 14.3 Å². The summed E-state index contributed by atoms with van der Waals surface area (Å²) >= 11 is 0. The molecule has 2 atom stereocenters. The number of aliphatic hydroxyl groups excluding tert-OH is 1. The Morgan fingerprint density at radius 2 is 2.40 bits per heavy atom. The van der Waals surface area contributed by atoms with E-state index in [4.69, 9.17) is 0 Å². The molecule has 1 amide bonds. The average Bonchev–Trinajstić information content (AvgIpc) is 3.04. The van der Waals surface area contributed by atoms with Crippen molar-refractivity contribution in [2.75, 3.05) is 13.1 Å². The SMILES string of the molecule is CC(O)C1CCN(C(=O)Cc2cn3ccccc3n2)C1. The van der Waals surface area contributed by atoms with Gasteiger partial charge in [-0.2, -0.15) is 0 Å². The van der Waals surface area contributed by atoms with E-state index in [1.165, 1.54) is 0 Å². The molecule has 20 heavy (non-hydrogen) atoms. The van der Waals surface area contributed by atoms with Crippen LogP contribution in [0.1, 0.15) is 19.0 Å². The molecule has 106 valence electrons. The molecule has 1 saturated heterocycles. The molecule has 0 radical (unpaired) electrons. The molecule has 1 N–H and O–H groups in total. The molecule has 5 nitrogen and oxygen atoms in total. The number of hydrogen-bond donors (Lipinski definition) is 1. The minimum atomic E-state index is -0.344. The Morgan fingerprint density at radius 3 is 3.10 bits per heavy atom. The van der Waals surface area contributed by atoms with Gasteiger partial charge >= 0.3 is 0 Å². The number of hydrogen-bond acceptors (Lipinski definition) is 3. The quantitative estimate of drug-likeness (QED) is 0.911. The number of nitrogens with zero attached hydrogens (tertiary/aromatic N) is 3. The molecule has 2 unspecified atom stereocenters. The highest BCUT2D eigenvalue weighted by Crippen LogP contribution is 2.20. The number of aliphatic hydroxyl groups is 1. The molecular formula is C15H19N3O2. The summed E-state index contributed by atoms with van der Waals surface area (Å²) in [4.78, 5) is 18.5. The van der Waals surface area contributed by atoms with Gasteiger partial charge in [0.25, 0.3) is 0 Å². The van der Waals surface area contributed by atoms with Crippen molar-refractivity contribution in [3.05, 3.63) is 36.3 Å². The highest BCUT2D eigenvalue weighted by Gasteiger charge is 2.29. The number of fused-ring (bicyclic) bond motifs is 1. The van der Waals surface area contributed by atoms with Crippen molar-refractivity contribution in [2.45, 2.75) is 25.9 Å². The fourth-order valence-electron chi connectivity index (χ4n) is 2.75. The van der Waals surface area contributed by atoms with E-state index in [-0.39, 0.29) is 17.9 Å². The number of carbonyl (C=O) groups is 1. The molecule has 0 aliphatic carbocycles. The number of amides is 1. The highest BCUT2D eigenvalue weighted by molar-refractivity contribution is 5.78. The number of imidazole rings is 1. The first-order valence-corrected chi connectivity index (χ1v) is 7.02. The predicted molar refractivity (Wildman–Crippen MR) is 75.3 cm³/mol. The van der Waals surface area contributed by atoms with Crippen molar-refractivity contribution in [3.8, 4) is 0 Å². The molecule has 1 aliphatic heterocycles. The molecule has 0 bridgehead atoms. The van der Waals surface area contributed by atoms with Gasteiger partial charge in [-0.3, -0.25) is 4.79 Å². The monoisotopic (exact) mass is 273 g/mol. The normalized spacial score (nSPS) is 20.5. The molecule has 1 fully saturated rings. The van der Waals surface area contributed by atoms with Gasteiger partial charge in [0.2, 0.25) is 5.91 Å². The fraction of sp³-hybridized carbons (Fsp3) is 0.467. The van der Waals surface area contributed by atoms with Gasteiger partial charge in [-0.05, 0) is 25.5 Å². The molecular weight excluding hydrogens is 254 g/mol. The van der Waals surface area contributed by atoms with Gasteiger partial charge < -0.3 is 14.4 Å². The third-order valence-corrected chi connectivity index (χ3v) is 4.01. The first-order chi connectivity index (χ1) is 9.63. The van der Waals surface area contributed by atoms with Gasteiger partial charge in [-0.15, -0.1) is 0 Å². The van der Waals surface area contributed by atoms with E-state index >= 15 is 0 Å². The van der Waals surface area contributed by atoms with E-state index in [1.54, 1.807) is 6.92 Å². The standard InChI is InChI=1S/C15H19N3O2/c1-11(19)12-5-7-18(9-12)15(20)8-13-10-17-6-3-2-4-14(17)16-13/h2-4,6,10-12,19H,5,7-9H2,1H3. The van der Waals surface area contributed by atoms with Crippen LogP contribution in [-0.4, -0.2) is 44.5 Å². The van der Waals surface area contributed by atoms with Gasteiger partial charge in [0, 0.05) is 31.4 Å². The Kier molecular flexibility index (Phi) is 3.44. The summed E-state index contributed by atoms with van der Waals surface area (Å²) in [6.07, 6.45) is 4.69. The summed E-state index contributed by atoms with van der Waals surface area (Å²) in [5, 5.41) is 9.58. The maximum absolute atomic E-state index is 12.3. The van der Waals surface area contributed by atoms with Crippen LogP contribution in [0.2, 0.25) is 0 Å². The Morgan fingerprint density at radius 1 is 1.55 bits per heavy atom. The van der Waals surface area contributed by atoms with Crippen molar-refractivity contribution < 1.29 is 9.90 Å². The van der Waals surface area contributed by atoms with Crippen LogP contribution in [-0.2, 0) is 11.2 Å². The maximum Gasteiger partial charge on any atom is 0.228 e. The Balaban J connectivity index is 1.67. The van der Waals surface area contributed by atoms with Gasteiger partial charge in [0.15, 0.2) is 0 Å². The molecule has 2 aromatic heterocycles. The summed E-state index contributed by atoms with van der Waals surface area (Å²) in [6, 6.07) is 5.79. The number of aromatic nitrogens is 2. The van der Waals surface area contributed by atoms with E-state index in [9.17, 15) is 9.90 Å². The number of carbonyl (C=O) groups excluding carboxylic acids is 1. The zero-order valence-corrected chi connectivity index (χ0v) is 11.6. The summed E-state index contributed by atoms with van der Waals surface area (Å²) in [7, 11) is 0. The predicted octanol–water partition coefficient (Wildman–Crippen LogP) is 1.11. The van der Waals surface area contributed by atoms with Crippen LogP contribution in [0.4, 0.5) is 0 Å². The van der Waals surface area contributed by atoms with E-state index in [1.807, 2.05) is 39.9 Å². The number of pyridine rings is 1. The lowest BCUT2D eigenvalue weighted by molar-refractivity contribution is -0.129. The largest absolute Gasteiger partial charge is 0.393 e. The second-order valence-electron chi connectivity index (χ2n) is 5.50. The minimum Gasteiger partial charge on any atom is -0.393 e. The molecule has 3 heterocycles. The molecule has 0 spiro atoms. The lowest BCUT2D eigenvalue weighted by Gasteiger charge is -2.17. The summed E-state index contributed by atoms with van der Waals surface area (Å²) in [5.74, 6) is 0.302. The molecule has 0 aromatic carbocycles. The summed E-state index contributed by atoms with van der Waals surface area (Å²) in [5.41, 5.74) is 1.65. The molecule has 0 saturated carbocycles. The van der Waals surface area contributed by atoms with Gasteiger partial charge in [0.1, 0.15) is 5.65 Å². The average molecular weight is 273 g/mol. The van der Waals surface area contributed by atoms with E-state index in [2.05, 4.69) is 4.98 Å². The highest BCUT2D eigenvalue weighted by atomic mass is 16.3. The van der Waals surface area contributed by atoms with Crippen LogP contribution in [0.3, 0.4) is 0 Å². The van der Waals surface area contributed by atoms with Crippen molar-refractivity contribution >= 4 is 11.6 Å². The first kappa shape index (κ1) is 13.1. The molecule has 2 aromatic rings. The topological polar surface area (TPSA) is 57.8 Å². The van der Waals surface area contributed by atoms with Crippen LogP contribution in [0.5, 0.6) is 0 Å². The van der Waals surface area contributed by atoms with Crippen LogP contribution in [0.25, 0.3) is 5.65 Å². The summed E-state index contributed by atoms with van der Waals surface area (Å²) < 4.78 is 1.92. The fourth-order valence-corrected chi connectivity index (χ4v) is 2.75. The van der Waals surface area contributed by atoms with Crippen LogP contribution in [0.15, 0.2) is 30.6 Å². The van der Waals surface area contributed by atoms with Gasteiger partial charge in [-0.1, -0.05) is 6.07 Å². The van der Waals surface area contributed by atoms with Crippen molar-refractivity contribution in [1.29, 1.82) is 0 Å². The molecule has 5 heteroatoms. The smallest absolute Gasteiger partial charge is 0.228 e. The lowest BCUT2D eigenvalue weighted by Crippen LogP contribution is -2.31. The molecule has 1 aliphatic rings. The third kappa shape index (κ3) is 2.54. The second-order valence-corrected chi connectivity index (χ2v) is 5.50. The third-order valence-electron chi connectivity index (χ3n) is 4.01. The Hall–Kier alpha value is -1.88. The zero-order valence-electron chi connectivity index (χ0n) is 11.6. The van der Waals surface area contributed by atoms with Crippen LogP contribution < -0.4 is 0 Å². The number of likely N-dealkylation sites (tertiary alicyclic amines) is 1. The van der Waals surface area contributed by atoms with Gasteiger partial charge in [-0.25, -0.2) is 4.98 Å². The van der Waals surface area contributed by atoms with Crippen LogP contribution >= 0.6 is 0 Å². The van der Waals surface area contributed by atoms with E-state index in [0.29, 0.717) is 13.0 Å². The lowest BCUT2D eigenvalue weighted by atomic mass is 10.0. The van der Waals surface area contributed by atoms with E-state index in [0.717, 1.165) is 24.3 Å². The molecule has 3 rings (SSSR count).